The molecule has 3 rings (SSSR count). The first kappa shape index (κ1) is 13.4. The van der Waals surface area contributed by atoms with E-state index in [2.05, 4.69) is 0 Å². The molecule has 0 N–H and O–H groups in total. The molecule has 4 heteroatoms. The van der Waals surface area contributed by atoms with E-state index in [4.69, 9.17) is 10.00 Å². The van der Waals surface area contributed by atoms with Gasteiger partial charge >= 0.3 is 0 Å². The fraction of sp³-hybridized carbons (Fsp3) is 0.294. The molecule has 0 spiro atoms. The second-order valence-corrected chi connectivity index (χ2v) is 5.11. The molecule has 2 aromatic rings. The van der Waals surface area contributed by atoms with Crippen molar-refractivity contribution in [3.63, 3.8) is 0 Å². The number of nitrogens with zero attached hydrogens (tertiary/aromatic N) is 2. The summed E-state index contributed by atoms with van der Waals surface area (Å²) < 4.78 is 7.27. The van der Waals surface area contributed by atoms with Crippen LogP contribution in [0.3, 0.4) is 0 Å². The number of pyridine rings is 1. The topological polar surface area (TPSA) is 55.0 Å². The van der Waals surface area contributed by atoms with E-state index in [0.29, 0.717) is 6.61 Å². The molecule has 0 bridgehead atoms. The number of hydrogen-bond acceptors (Lipinski definition) is 3. The first-order chi connectivity index (χ1) is 10.2. The smallest absolute Gasteiger partial charge is 0.269 e. The van der Waals surface area contributed by atoms with E-state index in [1.807, 2.05) is 43.3 Å². The van der Waals surface area contributed by atoms with Crippen molar-refractivity contribution in [3.8, 4) is 23.1 Å². The van der Waals surface area contributed by atoms with Crippen LogP contribution in [-0.4, -0.2) is 11.2 Å². The van der Waals surface area contributed by atoms with Crippen molar-refractivity contribution in [2.75, 3.05) is 6.61 Å². The molecule has 1 aromatic heterocycles. The highest BCUT2D eigenvalue weighted by Crippen LogP contribution is 2.37. The number of hydrogen-bond donors (Lipinski definition) is 0. The fourth-order valence-corrected chi connectivity index (χ4v) is 2.48. The van der Waals surface area contributed by atoms with Gasteiger partial charge in [-0.3, -0.25) is 4.79 Å². The van der Waals surface area contributed by atoms with Crippen LogP contribution in [0.25, 0.3) is 11.3 Å². The SMILES string of the molecule is CCOc1cccc(-c2ccc(C#N)c(=O)n2C2CC2)c1. The molecule has 0 aliphatic heterocycles. The largest absolute Gasteiger partial charge is 0.494 e. The summed E-state index contributed by atoms with van der Waals surface area (Å²) in [6, 6.07) is 13.4. The first-order valence-electron chi connectivity index (χ1n) is 7.13. The van der Waals surface area contributed by atoms with E-state index in [-0.39, 0.29) is 17.2 Å². The predicted molar refractivity (Wildman–Crippen MR) is 80.3 cm³/mol. The minimum atomic E-state index is -0.195. The summed E-state index contributed by atoms with van der Waals surface area (Å²) in [6.07, 6.45) is 1.99. The lowest BCUT2D eigenvalue weighted by molar-refractivity contribution is 0.340. The van der Waals surface area contributed by atoms with Gasteiger partial charge in [0.25, 0.3) is 5.56 Å². The number of nitriles is 1. The van der Waals surface area contributed by atoms with Gasteiger partial charge in [-0.25, -0.2) is 0 Å². The molecular formula is C17H16N2O2. The number of ether oxygens (including phenoxy) is 1. The molecular weight excluding hydrogens is 264 g/mol. The highest BCUT2D eigenvalue weighted by Gasteiger charge is 2.28. The van der Waals surface area contributed by atoms with Crippen LogP contribution in [0.2, 0.25) is 0 Å². The van der Waals surface area contributed by atoms with Gasteiger partial charge in [0.05, 0.1) is 12.3 Å². The Morgan fingerprint density at radius 3 is 2.81 bits per heavy atom. The Labute approximate surface area is 123 Å². The van der Waals surface area contributed by atoms with Crippen LogP contribution in [0, 0.1) is 11.3 Å². The lowest BCUT2D eigenvalue weighted by atomic mass is 10.1. The molecule has 1 saturated carbocycles. The summed E-state index contributed by atoms with van der Waals surface area (Å²) in [6.45, 7) is 2.54. The van der Waals surface area contributed by atoms with Crippen LogP contribution in [0.15, 0.2) is 41.2 Å². The van der Waals surface area contributed by atoms with Crippen LogP contribution >= 0.6 is 0 Å². The molecule has 0 amide bonds. The highest BCUT2D eigenvalue weighted by atomic mass is 16.5. The van der Waals surface area contributed by atoms with Gasteiger partial charge in [0.15, 0.2) is 0 Å². The molecule has 21 heavy (non-hydrogen) atoms. The Bertz CT molecular complexity index is 767. The van der Waals surface area contributed by atoms with Crippen LogP contribution < -0.4 is 10.3 Å². The van der Waals surface area contributed by atoms with Crippen LogP contribution in [0.1, 0.15) is 31.4 Å². The maximum Gasteiger partial charge on any atom is 0.269 e. The Kier molecular flexibility index (Phi) is 3.49. The molecule has 0 saturated heterocycles. The van der Waals surface area contributed by atoms with Crippen molar-refractivity contribution in [2.24, 2.45) is 0 Å². The maximum absolute atomic E-state index is 12.4. The monoisotopic (exact) mass is 280 g/mol. The fourth-order valence-electron chi connectivity index (χ4n) is 2.48. The Balaban J connectivity index is 2.14. The predicted octanol–water partition coefficient (Wildman–Crippen LogP) is 3.12. The normalized spacial score (nSPS) is 13.7. The highest BCUT2D eigenvalue weighted by molar-refractivity contribution is 5.62. The van der Waals surface area contributed by atoms with Gasteiger partial charge in [0.2, 0.25) is 0 Å². The summed E-state index contributed by atoms with van der Waals surface area (Å²) in [7, 11) is 0. The number of benzene rings is 1. The zero-order valence-electron chi connectivity index (χ0n) is 11.9. The number of aromatic nitrogens is 1. The van der Waals surface area contributed by atoms with Crippen molar-refractivity contribution >= 4 is 0 Å². The molecule has 0 atom stereocenters. The van der Waals surface area contributed by atoms with Gasteiger partial charge in [0.1, 0.15) is 17.4 Å². The van der Waals surface area contributed by atoms with Gasteiger partial charge in [-0.1, -0.05) is 12.1 Å². The lowest BCUT2D eigenvalue weighted by Gasteiger charge is -2.13. The third kappa shape index (κ3) is 2.55. The minimum Gasteiger partial charge on any atom is -0.494 e. The summed E-state index contributed by atoms with van der Waals surface area (Å²) in [5.41, 5.74) is 1.79. The van der Waals surface area contributed by atoms with E-state index in [9.17, 15) is 4.79 Å². The Morgan fingerprint density at radius 2 is 2.14 bits per heavy atom. The van der Waals surface area contributed by atoms with Crippen molar-refractivity contribution in [2.45, 2.75) is 25.8 Å². The van der Waals surface area contributed by atoms with Gasteiger partial charge < -0.3 is 9.30 Å². The molecule has 0 unspecified atom stereocenters. The van der Waals surface area contributed by atoms with Gasteiger partial charge in [-0.2, -0.15) is 5.26 Å². The van der Waals surface area contributed by atoms with Crippen LogP contribution in [-0.2, 0) is 0 Å². The molecule has 1 aromatic carbocycles. The van der Waals surface area contributed by atoms with Crippen molar-refractivity contribution in [3.05, 3.63) is 52.3 Å². The molecule has 1 aliphatic carbocycles. The molecule has 106 valence electrons. The third-order valence-electron chi connectivity index (χ3n) is 3.59. The van der Waals surface area contributed by atoms with Crippen LogP contribution in [0.5, 0.6) is 5.75 Å². The van der Waals surface area contributed by atoms with E-state index >= 15 is 0 Å². The van der Waals surface area contributed by atoms with Gasteiger partial charge in [-0.05, 0) is 44.0 Å². The van der Waals surface area contributed by atoms with E-state index in [0.717, 1.165) is 29.8 Å². The third-order valence-corrected chi connectivity index (χ3v) is 3.59. The van der Waals surface area contributed by atoms with E-state index < -0.39 is 0 Å². The summed E-state index contributed by atoms with van der Waals surface area (Å²) in [5.74, 6) is 0.786. The molecule has 1 fully saturated rings. The zero-order chi connectivity index (χ0) is 14.8. The average molecular weight is 280 g/mol. The van der Waals surface area contributed by atoms with Gasteiger partial charge in [0, 0.05) is 11.6 Å². The Morgan fingerprint density at radius 1 is 1.33 bits per heavy atom. The summed E-state index contributed by atoms with van der Waals surface area (Å²) in [5, 5.41) is 9.04. The standard InChI is InChI=1S/C17H16N2O2/c1-2-21-15-5-3-4-12(10-15)16-9-6-13(11-18)17(20)19(16)14-7-8-14/h3-6,9-10,14H,2,7-8H2,1H3. The zero-order valence-corrected chi connectivity index (χ0v) is 11.9. The van der Waals surface area contributed by atoms with Crippen molar-refractivity contribution in [1.82, 2.24) is 4.57 Å². The summed E-state index contributed by atoms with van der Waals surface area (Å²) in [4.78, 5) is 12.4. The maximum atomic E-state index is 12.4. The van der Waals surface area contributed by atoms with Gasteiger partial charge in [-0.15, -0.1) is 0 Å². The van der Waals surface area contributed by atoms with E-state index in [1.54, 1.807) is 10.6 Å². The summed E-state index contributed by atoms with van der Waals surface area (Å²) >= 11 is 0. The Hall–Kier alpha value is -2.54. The molecule has 0 radical (unpaired) electrons. The van der Waals surface area contributed by atoms with Crippen LogP contribution in [0.4, 0.5) is 0 Å². The average Bonchev–Trinajstić information content (AvgIpc) is 3.32. The first-order valence-corrected chi connectivity index (χ1v) is 7.13. The number of rotatable bonds is 4. The second-order valence-electron chi connectivity index (χ2n) is 5.11. The molecule has 1 aliphatic rings. The molecule has 1 heterocycles. The van der Waals surface area contributed by atoms with E-state index in [1.165, 1.54) is 0 Å². The quantitative estimate of drug-likeness (QED) is 0.864. The van der Waals surface area contributed by atoms with Crippen molar-refractivity contribution < 1.29 is 4.74 Å². The second kappa shape index (κ2) is 5.45. The van der Waals surface area contributed by atoms with Crippen molar-refractivity contribution in [1.29, 1.82) is 5.26 Å². The lowest BCUT2D eigenvalue weighted by Crippen LogP contribution is -2.23. The molecule has 4 nitrogen and oxygen atoms in total. The minimum absolute atomic E-state index is 0.195.